The second-order valence-corrected chi connectivity index (χ2v) is 13.7. The van der Waals surface area contributed by atoms with Crippen molar-refractivity contribution in [3.63, 3.8) is 0 Å². The summed E-state index contributed by atoms with van der Waals surface area (Å²) in [4.78, 5) is 46.9. The minimum atomic E-state index is -0.426. The highest BCUT2D eigenvalue weighted by Gasteiger charge is 2.26. The van der Waals surface area contributed by atoms with Gasteiger partial charge in [-0.05, 0) is 61.3 Å². The van der Waals surface area contributed by atoms with Crippen LogP contribution in [0.5, 0.6) is 0 Å². The van der Waals surface area contributed by atoms with Crippen LogP contribution in [0.4, 0.5) is 15.3 Å². The number of rotatable bonds is 11. The number of carbonyl (C=O) groups is 3. The minimum absolute atomic E-state index is 0.0664. The maximum absolute atomic E-state index is 12.8. The van der Waals surface area contributed by atoms with Gasteiger partial charge in [-0.2, -0.15) is 0 Å². The maximum atomic E-state index is 12.8. The zero-order valence-electron chi connectivity index (χ0n) is 29.2. The number of nitrogens with one attached hydrogen (secondary N) is 2. The summed E-state index contributed by atoms with van der Waals surface area (Å²) in [5.41, 5.74) is 5.15. The van der Waals surface area contributed by atoms with Crippen molar-refractivity contribution in [2.75, 3.05) is 70.8 Å². The lowest BCUT2D eigenvalue weighted by molar-refractivity contribution is -0.121. The molecule has 0 aromatic heterocycles. The molecule has 0 bridgehead atoms. The lowest BCUT2D eigenvalue weighted by Gasteiger charge is -2.38. The Balaban J connectivity index is 0.822. The van der Waals surface area contributed by atoms with Gasteiger partial charge in [0.25, 0.3) is 0 Å². The number of nitrogens with zero attached hydrogens (tertiary/aromatic N) is 4. The van der Waals surface area contributed by atoms with E-state index in [-0.39, 0.29) is 18.0 Å². The number of anilines is 1. The molecule has 10 nitrogen and oxygen atoms in total. The van der Waals surface area contributed by atoms with E-state index in [9.17, 15) is 14.4 Å². The third-order valence-corrected chi connectivity index (χ3v) is 10.1. The molecule has 3 saturated heterocycles. The molecular formula is C40H52N6O4. The van der Waals surface area contributed by atoms with Crippen molar-refractivity contribution < 1.29 is 19.1 Å². The van der Waals surface area contributed by atoms with E-state index in [4.69, 9.17) is 4.74 Å². The quantitative estimate of drug-likeness (QED) is 0.264. The van der Waals surface area contributed by atoms with Gasteiger partial charge in [0, 0.05) is 84.0 Å². The Morgan fingerprint density at radius 1 is 0.680 bits per heavy atom. The summed E-state index contributed by atoms with van der Waals surface area (Å²) in [6.45, 7) is 9.11. The van der Waals surface area contributed by atoms with Crippen LogP contribution in [-0.2, 0) is 22.5 Å². The number of carbonyl (C=O) groups excluding carboxylic acids is 3. The molecule has 3 aromatic rings. The third-order valence-electron chi connectivity index (χ3n) is 10.1. The number of aryl methyl sites for hydroxylation is 1. The standard InChI is InChI=1S/C40H52N6O4/c47-38(18-17-32-13-15-33(16-14-32)31-44-27-29-46(30-28-44)40(49)45-22-7-2-8-23-45)41-21-26-43-24-19-35(20-25-43)50-39(48)42-37-12-6-5-11-36(37)34-9-3-1-4-10-34/h1,3-6,9-16,35H,2,7-8,17-31H2,(H,41,47)(H,42,48). The second kappa shape index (κ2) is 18.0. The van der Waals surface area contributed by atoms with Crippen molar-refractivity contribution in [2.45, 2.75) is 57.6 Å². The van der Waals surface area contributed by atoms with Gasteiger partial charge in [0.05, 0.1) is 5.69 Å². The number of piperazine rings is 1. The van der Waals surface area contributed by atoms with Gasteiger partial charge in [0.2, 0.25) is 5.91 Å². The van der Waals surface area contributed by atoms with Crippen LogP contribution in [0.25, 0.3) is 11.1 Å². The van der Waals surface area contributed by atoms with E-state index in [1.54, 1.807) is 0 Å². The Labute approximate surface area is 296 Å². The summed E-state index contributed by atoms with van der Waals surface area (Å²) < 4.78 is 5.76. The molecule has 0 radical (unpaired) electrons. The largest absolute Gasteiger partial charge is 0.446 e. The average Bonchev–Trinajstić information content (AvgIpc) is 3.16. The minimum Gasteiger partial charge on any atom is -0.446 e. The first-order valence-corrected chi connectivity index (χ1v) is 18.5. The summed E-state index contributed by atoms with van der Waals surface area (Å²) in [5.74, 6) is 0.0664. The molecule has 0 saturated carbocycles. The van der Waals surface area contributed by atoms with Crippen LogP contribution in [0.1, 0.15) is 49.7 Å². The van der Waals surface area contributed by atoms with Gasteiger partial charge in [0.15, 0.2) is 0 Å². The van der Waals surface area contributed by atoms with Crippen molar-refractivity contribution in [1.29, 1.82) is 0 Å². The van der Waals surface area contributed by atoms with Gasteiger partial charge in [-0.25, -0.2) is 9.59 Å². The molecule has 3 aromatic carbocycles. The topological polar surface area (TPSA) is 97.5 Å². The first kappa shape index (κ1) is 35.4. The number of ether oxygens (including phenoxy) is 1. The molecule has 3 aliphatic rings. The smallest absolute Gasteiger partial charge is 0.411 e. The number of hydrogen-bond acceptors (Lipinski definition) is 6. The van der Waals surface area contributed by atoms with E-state index in [1.807, 2.05) is 64.4 Å². The Morgan fingerprint density at radius 3 is 2.08 bits per heavy atom. The molecule has 4 amide bonds. The summed E-state index contributed by atoms with van der Waals surface area (Å²) in [6, 6.07) is 26.5. The normalized spacial score (nSPS) is 17.7. The number of hydrogen-bond donors (Lipinski definition) is 2. The van der Waals surface area contributed by atoms with Crippen molar-refractivity contribution >= 4 is 23.7 Å². The molecule has 0 atom stereocenters. The summed E-state index contributed by atoms with van der Waals surface area (Å²) in [7, 11) is 0. The predicted molar refractivity (Wildman–Crippen MR) is 197 cm³/mol. The summed E-state index contributed by atoms with van der Waals surface area (Å²) >= 11 is 0. The highest BCUT2D eigenvalue weighted by molar-refractivity contribution is 5.91. The summed E-state index contributed by atoms with van der Waals surface area (Å²) in [6.07, 6.45) is 5.65. The van der Waals surface area contributed by atoms with E-state index < -0.39 is 6.09 Å². The number of benzene rings is 3. The van der Waals surface area contributed by atoms with Gasteiger partial charge >= 0.3 is 12.1 Å². The van der Waals surface area contributed by atoms with Crippen LogP contribution in [0.15, 0.2) is 78.9 Å². The zero-order chi connectivity index (χ0) is 34.5. The molecule has 0 unspecified atom stereocenters. The van der Waals surface area contributed by atoms with Crippen molar-refractivity contribution in [3.8, 4) is 11.1 Å². The van der Waals surface area contributed by atoms with E-state index in [0.29, 0.717) is 19.4 Å². The Bertz CT molecular complexity index is 1530. The SMILES string of the molecule is O=C(CCc1ccc(CN2CCN(C(=O)N3CCCCC3)CC2)cc1)NCCN1CCC(OC(=O)Nc2ccccc2-c2ccccc2)CC1. The van der Waals surface area contributed by atoms with Gasteiger partial charge in [0.1, 0.15) is 6.10 Å². The molecule has 2 N–H and O–H groups in total. The van der Waals surface area contributed by atoms with Crippen LogP contribution in [0.3, 0.4) is 0 Å². The number of para-hydroxylation sites is 1. The fourth-order valence-corrected chi connectivity index (χ4v) is 7.15. The molecule has 3 heterocycles. The third kappa shape index (κ3) is 10.3. The lowest BCUT2D eigenvalue weighted by Crippen LogP contribution is -2.53. The first-order valence-electron chi connectivity index (χ1n) is 18.5. The number of urea groups is 1. The molecule has 6 rings (SSSR count). The van der Waals surface area contributed by atoms with Gasteiger partial charge in [-0.15, -0.1) is 0 Å². The van der Waals surface area contributed by atoms with Gasteiger partial charge < -0.3 is 24.8 Å². The Hall–Kier alpha value is -4.41. The molecular weight excluding hydrogens is 628 g/mol. The maximum Gasteiger partial charge on any atom is 0.411 e. The Kier molecular flexibility index (Phi) is 12.8. The van der Waals surface area contributed by atoms with Crippen LogP contribution in [0.2, 0.25) is 0 Å². The molecule has 3 fully saturated rings. The monoisotopic (exact) mass is 680 g/mol. The molecule has 0 spiro atoms. The second-order valence-electron chi connectivity index (χ2n) is 13.7. The highest BCUT2D eigenvalue weighted by Crippen LogP contribution is 2.28. The van der Waals surface area contributed by atoms with E-state index in [2.05, 4.69) is 44.7 Å². The van der Waals surface area contributed by atoms with E-state index >= 15 is 0 Å². The number of piperidine rings is 2. The molecule has 10 heteroatoms. The molecule has 50 heavy (non-hydrogen) atoms. The van der Waals surface area contributed by atoms with Crippen molar-refractivity contribution in [3.05, 3.63) is 90.0 Å². The van der Waals surface area contributed by atoms with Crippen molar-refractivity contribution in [2.24, 2.45) is 0 Å². The average molecular weight is 681 g/mol. The van der Waals surface area contributed by atoms with Crippen LogP contribution in [0, 0.1) is 0 Å². The van der Waals surface area contributed by atoms with Gasteiger partial charge in [-0.1, -0.05) is 72.8 Å². The number of amides is 4. The number of likely N-dealkylation sites (tertiary alicyclic amines) is 2. The predicted octanol–water partition coefficient (Wildman–Crippen LogP) is 5.84. The van der Waals surface area contributed by atoms with Crippen molar-refractivity contribution in [1.82, 2.24) is 24.9 Å². The fraction of sp³-hybridized carbons (Fsp3) is 0.475. The fourth-order valence-electron chi connectivity index (χ4n) is 7.15. The zero-order valence-corrected chi connectivity index (χ0v) is 29.2. The highest BCUT2D eigenvalue weighted by atomic mass is 16.6. The van der Waals surface area contributed by atoms with Gasteiger partial charge in [-0.3, -0.25) is 15.0 Å². The molecule has 0 aliphatic carbocycles. The molecule has 266 valence electrons. The van der Waals surface area contributed by atoms with E-state index in [1.165, 1.54) is 12.0 Å². The summed E-state index contributed by atoms with van der Waals surface area (Å²) in [5, 5.41) is 6.01. The lowest BCUT2D eigenvalue weighted by atomic mass is 10.0. The van der Waals surface area contributed by atoms with Crippen LogP contribution < -0.4 is 10.6 Å². The Morgan fingerprint density at radius 2 is 1.34 bits per heavy atom. The first-order chi connectivity index (χ1) is 24.5. The van der Waals surface area contributed by atoms with Crippen LogP contribution in [-0.4, -0.2) is 109 Å². The van der Waals surface area contributed by atoms with E-state index in [0.717, 1.165) is 114 Å². The molecule has 3 aliphatic heterocycles. The van der Waals surface area contributed by atoms with Crippen LogP contribution >= 0.6 is 0 Å².